The van der Waals surface area contributed by atoms with Gasteiger partial charge in [0.05, 0.1) is 11.5 Å². The average Bonchev–Trinajstić information content (AvgIpc) is 2.46. The van der Waals surface area contributed by atoms with E-state index in [4.69, 9.17) is 4.18 Å². The summed E-state index contributed by atoms with van der Waals surface area (Å²) in [5, 5.41) is 10.6. The molecule has 0 aliphatic heterocycles. The summed E-state index contributed by atoms with van der Waals surface area (Å²) >= 11 is 0. The first-order chi connectivity index (χ1) is 9.49. The molecule has 0 saturated carbocycles. The summed E-state index contributed by atoms with van der Waals surface area (Å²) < 4.78 is 28.8. The van der Waals surface area contributed by atoms with E-state index in [0.717, 1.165) is 6.07 Å². The maximum absolute atomic E-state index is 11.9. The van der Waals surface area contributed by atoms with E-state index in [1.54, 1.807) is 30.3 Å². The van der Waals surface area contributed by atoms with Crippen LogP contribution in [-0.4, -0.2) is 13.3 Å². The van der Waals surface area contributed by atoms with Gasteiger partial charge in [0, 0.05) is 12.1 Å². The summed E-state index contributed by atoms with van der Waals surface area (Å²) in [5.41, 5.74) is 0.399. The molecule has 7 nitrogen and oxygen atoms in total. The number of rotatable bonds is 5. The van der Waals surface area contributed by atoms with Gasteiger partial charge in [0.25, 0.3) is 15.8 Å². The van der Waals surface area contributed by atoms with Gasteiger partial charge >= 0.3 is 0 Å². The fourth-order valence-electron chi connectivity index (χ4n) is 1.54. The molecule has 0 aliphatic rings. The Bertz CT molecular complexity index is 716. The van der Waals surface area contributed by atoms with Gasteiger partial charge in [0.15, 0.2) is 0 Å². The topological polar surface area (TPSA) is 122 Å². The Morgan fingerprint density at radius 3 is 2.33 bits per heavy atom. The van der Waals surface area contributed by atoms with E-state index in [-0.39, 0.29) is 23.3 Å². The van der Waals surface area contributed by atoms with E-state index >= 15 is 0 Å². The highest BCUT2D eigenvalue weighted by molar-refractivity contribution is 7.86. The highest BCUT2D eigenvalue weighted by atomic mass is 32.2. The zero-order valence-electron chi connectivity index (χ0n) is 11.0. The lowest BCUT2D eigenvalue weighted by molar-refractivity contribution is -0.385. The SMILES string of the molecule is N.O=[N+]([O-])c1cccc(S(=O)(=O)OCc2ccccc2)c1. The quantitative estimate of drug-likeness (QED) is 0.514. The predicted molar refractivity (Wildman–Crippen MR) is 76.5 cm³/mol. The number of non-ortho nitro benzene ring substituents is 1. The average molecular weight is 310 g/mol. The molecule has 0 bridgehead atoms. The second kappa shape index (κ2) is 6.93. The standard InChI is InChI=1S/C13H11NO5S.H3N/c15-14(16)12-7-4-8-13(9-12)20(17,18)19-10-11-5-2-1-3-6-11;/h1-9H,10H2;1H3. The van der Waals surface area contributed by atoms with Crippen LogP contribution in [0.1, 0.15) is 5.56 Å². The van der Waals surface area contributed by atoms with Crippen molar-refractivity contribution < 1.29 is 17.5 Å². The molecule has 112 valence electrons. The maximum atomic E-state index is 11.9. The molecule has 0 heterocycles. The maximum Gasteiger partial charge on any atom is 0.297 e. The molecule has 0 amide bonds. The second-order valence-electron chi connectivity index (χ2n) is 3.96. The van der Waals surface area contributed by atoms with Gasteiger partial charge in [-0.1, -0.05) is 36.4 Å². The minimum absolute atomic E-state index is 0. The Labute approximate surface area is 122 Å². The first-order valence-electron chi connectivity index (χ1n) is 5.67. The molecule has 2 aromatic carbocycles. The fraction of sp³-hybridized carbons (Fsp3) is 0.0769. The Balaban J connectivity index is 0.00000220. The van der Waals surface area contributed by atoms with Gasteiger partial charge in [-0.3, -0.25) is 14.3 Å². The number of hydrogen-bond donors (Lipinski definition) is 1. The van der Waals surface area contributed by atoms with Crippen molar-refractivity contribution in [1.29, 1.82) is 0 Å². The highest BCUT2D eigenvalue weighted by Crippen LogP contribution is 2.20. The van der Waals surface area contributed by atoms with Gasteiger partial charge in [0.2, 0.25) is 0 Å². The van der Waals surface area contributed by atoms with Crippen LogP contribution in [0.3, 0.4) is 0 Å². The van der Waals surface area contributed by atoms with E-state index < -0.39 is 15.0 Å². The van der Waals surface area contributed by atoms with Crippen molar-refractivity contribution in [3.05, 3.63) is 70.3 Å². The Morgan fingerprint density at radius 1 is 1.05 bits per heavy atom. The molecule has 0 unspecified atom stereocenters. The zero-order valence-corrected chi connectivity index (χ0v) is 11.8. The molecule has 3 N–H and O–H groups in total. The molecule has 0 fully saturated rings. The minimum atomic E-state index is -4.02. The minimum Gasteiger partial charge on any atom is -0.344 e. The summed E-state index contributed by atoms with van der Waals surface area (Å²) in [6.45, 7) is -0.119. The predicted octanol–water partition coefficient (Wildman–Crippen LogP) is 2.66. The van der Waals surface area contributed by atoms with Crippen molar-refractivity contribution >= 4 is 15.8 Å². The van der Waals surface area contributed by atoms with E-state index in [1.807, 2.05) is 0 Å². The fourth-order valence-corrected chi connectivity index (χ4v) is 2.48. The van der Waals surface area contributed by atoms with E-state index in [0.29, 0.717) is 5.56 Å². The van der Waals surface area contributed by atoms with Crippen molar-refractivity contribution in [1.82, 2.24) is 6.15 Å². The molecule has 0 aromatic heterocycles. The Morgan fingerprint density at radius 2 is 1.71 bits per heavy atom. The lowest BCUT2D eigenvalue weighted by atomic mass is 10.2. The summed E-state index contributed by atoms with van der Waals surface area (Å²) in [6, 6.07) is 13.5. The van der Waals surface area contributed by atoms with E-state index in [1.165, 1.54) is 18.2 Å². The Hall–Kier alpha value is -2.29. The normalized spacial score (nSPS) is 10.7. The third-order valence-electron chi connectivity index (χ3n) is 2.54. The van der Waals surface area contributed by atoms with Crippen molar-refractivity contribution in [3.8, 4) is 0 Å². The monoisotopic (exact) mass is 310 g/mol. The lowest BCUT2D eigenvalue weighted by Gasteiger charge is -2.05. The number of nitro groups is 1. The number of benzene rings is 2. The summed E-state index contributed by atoms with van der Waals surface area (Å²) in [7, 11) is -4.02. The van der Waals surface area contributed by atoms with Gasteiger partial charge in [-0.15, -0.1) is 0 Å². The molecule has 0 spiro atoms. The van der Waals surface area contributed by atoms with Crippen LogP contribution in [0.15, 0.2) is 59.5 Å². The van der Waals surface area contributed by atoms with Crippen molar-refractivity contribution in [2.75, 3.05) is 0 Å². The van der Waals surface area contributed by atoms with Gasteiger partial charge in [-0.05, 0) is 11.6 Å². The van der Waals surface area contributed by atoms with Gasteiger partial charge < -0.3 is 6.15 Å². The molecule has 0 radical (unpaired) electrons. The highest BCUT2D eigenvalue weighted by Gasteiger charge is 2.18. The summed E-state index contributed by atoms with van der Waals surface area (Å²) in [5.74, 6) is 0. The number of nitro benzene ring substituents is 1. The number of hydrogen-bond acceptors (Lipinski definition) is 6. The molecule has 0 aliphatic carbocycles. The molecule has 8 heteroatoms. The van der Waals surface area contributed by atoms with Crippen molar-refractivity contribution in [2.24, 2.45) is 0 Å². The van der Waals surface area contributed by atoms with Gasteiger partial charge in [0.1, 0.15) is 4.90 Å². The van der Waals surface area contributed by atoms with E-state index in [9.17, 15) is 18.5 Å². The molecule has 0 atom stereocenters. The van der Waals surface area contributed by atoms with E-state index in [2.05, 4.69) is 0 Å². The van der Waals surface area contributed by atoms with Crippen LogP contribution < -0.4 is 6.15 Å². The first-order valence-corrected chi connectivity index (χ1v) is 7.08. The third kappa shape index (κ3) is 4.35. The van der Waals surface area contributed by atoms with Crippen LogP contribution in [0.25, 0.3) is 0 Å². The smallest absolute Gasteiger partial charge is 0.297 e. The van der Waals surface area contributed by atoms with Crippen molar-refractivity contribution in [3.63, 3.8) is 0 Å². The van der Waals surface area contributed by atoms with Crippen LogP contribution in [0.5, 0.6) is 0 Å². The second-order valence-corrected chi connectivity index (χ2v) is 5.57. The third-order valence-corrected chi connectivity index (χ3v) is 3.80. The van der Waals surface area contributed by atoms with Crippen molar-refractivity contribution in [2.45, 2.75) is 11.5 Å². The van der Waals surface area contributed by atoms with Crippen LogP contribution in [-0.2, 0) is 20.9 Å². The van der Waals surface area contributed by atoms with Crippen LogP contribution in [0.2, 0.25) is 0 Å². The summed E-state index contributed by atoms with van der Waals surface area (Å²) in [6.07, 6.45) is 0. The van der Waals surface area contributed by atoms with Crippen LogP contribution >= 0.6 is 0 Å². The molecule has 2 aromatic rings. The van der Waals surface area contributed by atoms with Crippen LogP contribution in [0.4, 0.5) is 5.69 Å². The molecular weight excluding hydrogens is 296 g/mol. The molecule has 21 heavy (non-hydrogen) atoms. The summed E-state index contributed by atoms with van der Waals surface area (Å²) in [4.78, 5) is 9.74. The first kappa shape index (κ1) is 16.8. The molecular formula is C13H14N2O5S. The van der Waals surface area contributed by atoms with Gasteiger partial charge in [-0.25, -0.2) is 0 Å². The van der Waals surface area contributed by atoms with Gasteiger partial charge in [-0.2, -0.15) is 8.42 Å². The Kier molecular flexibility index (Phi) is 5.53. The largest absolute Gasteiger partial charge is 0.344 e. The zero-order chi connectivity index (χ0) is 14.6. The molecule has 2 rings (SSSR count). The lowest BCUT2D eigenvalue weighted by Crippen LogP contribution is -2.07. The molecule has 0 saturated heterocycles. The number of nitrogens with zero attached hydrogens (tertiary/aromatic N) is 1. The van der Waals surface area contributed by atoms with Crippen LogP contribution in [0, 0.1) is 10.1 Å².